The minimum atomic E-state index is -0.514. The average molecular weight is 288 g/mol. The molecule has 0 aliphatic heterocycles. The first-order chi connectivity index (χ1) is 9.31. The highest BCUT2D eigenvalue weighted by Crippen LogP contribution is 2.31. The summed E-state index contributed by atoms with van der Waals surface area (Å²) < 4.78 is 4.83. The predicted molar refractivity (Wildman–Crippen MR) is 81.4 cm³/mol. The Bertz CT molecular complexity index is 264. The van der Waals surface area contributed by atoms with Gasteiger partial charge in [0.15, 0.2) is 0 Å². The van der Waals surface area contributed by atoms with E-state index in [2.05, 4.69) is 26.1 Å². The van der Waals surface area contributed by atoms with Crippen molar-refractivity contribution in [3.8, 4) is 0 Å². The summed E-state index contributed by atoms with van der Waals surface area (Å²) in [5.41, 5.74) is 5.81. The van der Waals surface area contributed by atoms with Gasteiger partial charge in [0.1, 0.15) is 0 Å². The van der Waals surface area contributed by atoms with Gasteiger partial charge >= 0.3 is 0 Å². The van der Waals surface area contributed by atoms with Gasteiger partial charge < -0.3 is 20.9 Å². The minimum absolute atomic E-state index is 0.0425. The van der Waals surface area contributed by atoms with E-state index in [0.29, 0.717) is 38.5 Å². The highest BCUT2D eigenvalue weighted by Gasteiger charge is 2.24. The van der Waals surface area contributed by atoms with Crippen LogP contribution in [0.2, 0.25) is 0 Å². The predicted octanol–water partition coefficient (Wildman–Crippen LogP) is 1.29. The molecular formula is C15H32N2O3. The summed E-state index contributed by atoms with van der Waals surface area (Å²) >= 11 is 0. The van der Waals surface area contributed by atoms with Crippen LogP contribution in [0.3, 0.4) is 0 Å². The smallest absolute Gasteiger partial charge is 0.220 e. The van der Waals surface area contributed by atoms with E-state index in [-0.39, 0.29) is 11.3 Å². The second-order valence-corrected chi connectivity index (χ2v) is 6.43. The molecule has 0 saturated carbocycles. The third-order valence-corrected chi connectivity index (χ3v) is 3.62. The van der Waals surface area contributed by atoms with Crippen LogP contribution in [0.15, 0.2) is 0 Å². The molecule has 0 aromatic heterocycles. The van der Waals surface area contributed by atoms with Gasteiger partial charge in [-0.25, -0.2) is 0 Å². The number of methoxy groups -OCH3 is 1. The Morgan fingerprint density at radius 3 is 2.45 bits per heavy atom. The van der Waals surface area contributed by atoms with Gasteiger partial charge in [-0.3, -0.25) is 4.79 Å². The van der Waals surface area contributed by atoms with Crippen molar-refractivity contribution in [2.45, 2.75) is 52.6 Å². The lowest BCUT2D eigenvalue weighted by atomic mass is 9.76. The van der Waals surface area contributed by atoms with Crippen LogP contribution in [0.1, 0.15) is 46.5 Å². The molecule has 4 N–H and O–H groups in total. The van der Waals surface area contributed by atoms with Crippen LogP contribution in [-0.2, 0) is 9.53 Å². The number of rotatable bonds is 10. The lowest BCUT2D eigenvalue weighted by molar-refractivity contribution is -0.121. The Labute approximate surface area is 123 Å². The lowest BCUT2D eigenvalue weighted by Crippen LogP contribution is -2.30. The molecule has 20 heavy (non-hydrogen) atoms. The Morgan fingerprint density at radius 2 is 1.95 bits per heavy atom. The number of carbonyl (C=O) groups is 1. The van der Waals surface area contributed by atoms with Crippen LogP contribution in [0.4, 0.5) is 0 Å². The molecule has 0 rings (SSSR count). The highest BCUT2D eigenvalue weighted by molar-refractivity contribution is 5.75. The maximum atomic E-state index is 11.8. The monoisotopic (exact) mass is 288 g/mol. The summed E-state index contributed by atoms with van der Waals surface area (Å²) in [6.45, 7) is 8.01. The van der Waals surface area contributed by atoms with Crippen molar-refractivity contribution in [2.75, 3.05) is 26.8 Å². The number of hydrogen-bond acceptors (Lipinski definition) is 4. The number of aliphatic hydroxyl groups is 1. The van der Waals surface area contributed by atoms with Crippen LogP contribution in [-0.4, -0.2) is 43.9 Å². The van der Waals surface area contributed by atoms with E-state index in [9.17, 15) is 9.90 Å². The molecule has 0 spiro atoms. The first-order valence-corrected chi connectivity index (χ1v) is 7.45. The van der Waals surface area contributed by atoms with Crippen LogP contribution in [0, 0.1) is 11.3 Å². The summed E-state index contributed by atoms with van der Waals surface area (Å²) in [6, 6.07) is 0. The fraction of sp³-hybridized carbons (Fsp3) is 0.933. The maximum absolute atomic E-state index is 11.8. The summed E-state index contributed by atoms with van der Waals surface area (Å²) in [7, 11) is 1.55. The van der Waals surface area contributed by atoms with Crippen molar-refractivity contribution in [3.05, 3.63) is 0 Å². The second-order valence-electron chi connectivity index (χ2n) is 6.43. The molecule has 0 aromatic carbocycles. The number of carbonyl (C=O) groups excluding carboxylic acids is 1. The van der Waals surface area contributed by atoms with Crippen molar-refractivity contribution in [2.24, 2.45) is 17.1 Å². The Balaban J connectivity index is 3.90. The molecule has 0 radical (unpaired) electrons. The molecule has 0 saturated heterocycles. The molecular weight excluding hydrogens is 256 g/mol. The standard InChI is InChI=1S/C15H32N2O3/c1-15(2,3)12(7-9-16)5-6-14(19)17-10-8-13(18)11-20-4/h12-13,18H,5-11,16H2,1-4H3,(H,17,19). The van der Waals surface area contributed by atoms with Crippen molar-refractivity contribution in [1.29, 1.82) is 0 Å². The third kappa shape index (κ3) is 9.28. The molecule has 2 atom stereocenters. The molecule has 0 heterocycles. The van der Waals surface area contributed by atoms with Gasteiger partial charge in [0, 0.05) is 20.1 Å². The fourth-order valence-corrected chi connectivity index (χ4v) is 2.26. The molecule has 120 valence electrons. The van der Waals surface area contributed by atoms with E-state index in [1.165, 1.54) is 0 Å². The minimum Gasteiger partial charge on any atom is -0.391 e. The molecule has 0 aromatic rings. The number of aliphatic hydroxyl groups excluding tert-OH is 1. The Hall–Kier alpha value is -0.650. The summed E-state index contributed by atoms with van der Waals surface area (Å²) in [4.78, 5) is 11.8. The second kappa shape index (κ2) is 10.1. The molecule has 0 fully saturated rings. The van der Waals surface area contributed by atoms with Gasteiger partial charge in [-0.2, -0.15) is 0 Å². The van der Waals surface area contributed by atoms with Gasteiger partial charge in [0.25, 0.3) is 0 Å². The fourth-order valence-electron chi connectivity index (χ4n) is 2.26. The number of hydrogen-bond donors (Lipinski definition) is 3. The van der Waals surface area contributed by atoms with Crippen LogP contribution >= 0.6 is 0 Å². The number of amides is 1. The van der Waals surface area contributed by atoms with Crippen LogP contribution < -0.4 is 11.1 Å². The summed E-state index contributed by atoms with van der Waals surface area (Å²) in [6.07, 6.45) is 2.32. The zero-order valence-corrected chi connectivity index (χ0v) is 13.4. The average Bonchev–Trinajstić information content (AvgIpc) is 2.33. The van der Waals surface area contributed by atoms with E-state index in [1.807, 2.05) is 0 Å². The Kier molecular flexibility index (Phi) is 9.80. The third-order valence-electron chi connectivity index (χ3n) is 3.62. The number of nitrogens with two attached hydrogens (primary N) is 1. The van der Waals surface area contributed by atoms with Crippen molar-refractivity contribution in [1.82, 2.24) is 5.32 Å². The summed E-state index contributed by atoms with van der Waals surface area (Å²) in [5, 5.41) is 12.3. The van der Waals surface area contributed by atoms with Gasteiger partial charge in [0.05, 0.1) is 12.7 Å². The quantitative estimate of drug-likeness (QED) is 0.565. The molecule has 2 unspecified atom stereocenters. The van der Waals surface area contributed by atoms with Crippen molar-refractivity contribution >= 4 is 5.91 Å². The normalized spacial score (nSPS) is 14.9. The van der Waals surface area contributed by atoms with Crippen molar-refractivity contribution < 1.29 is 14.6 Å². The van der Waals surface area contributed by atoms with Gasteiger partial charge in [-0.05, 0) is 37.1 Å². The van der Waals surface area contributed by atoms with Crippen LogP contribution in [0.25, 0.3) is 0 Å². The molecule has 5 heteroatoms. The first-order valence-electron chi connectivity index (χ1n) is 7.45. The highest BCUT2D eigenvalue weighted by atomic mass is 16.5. The number of ether oxygens (including phenoxy) is 1. The molecule has 0 aliphatic carbocycles. The van der Waals surface area contributed by atoms with E-state index in [1.54, 1.807) is 7.11 Å². The largest absolute Gasteiger partial charge is 0.391 e. The zero-order valence-electron chi connectivity index (χ0n) is 13.4. The lowest BCUT2D eigenvalue weighted by Gasteiger charge is -2.30. The van der Waals surface area contributed by atoms with E-state index >= 15 is 0 Å². The molecule has 5 nitrogen and oxygen atoms in total. The topological polar surface area (TPSA) is 84.6 Å². The molecule has 0 bridgehead atoms. The zero-order chi connectivity index (χ0) is 15.6. The maximum Gasteiger partial charge on any atom is 0.220 e. The SMILES string of the molecule is COCC(O)CCNC(=O)CCC(CCN)C(C)(C)C. The molecule has 1 amide bonds. The number of nitrogens with one attached hydrogen (secondary N) is 1. The first kappa shape index (κ1) is 19.4. The van der Waals surface area contributed by atoms with Gasteiger partial charge in [0.2, 0.25) is 5.91 Å². The van der Waals surface area contributed by atoms with E-state index in [0.717, 1.165) is 12.8 Å². The van der Waals surface area contributed by atoms with Crippen LogP contribution in [0.5, 0.6) is 0 Å². The van der Waals surface area contributed by atoms with E-state index < -0.39 is 6.10 Å². The Morgan fingerprint density at radius 1 is 1.30 bits per heavy atom. The summed E-state index contributed by atoms with van der Waals surface area (Å²) in [5.74, 6) is 0.498. The van der Waals surface area contributed by atoms with Gasteiger partial charge in [-0.1, -0.05) is 20.8 Å². The van der Waals surface area contributed by atoms with E-state index in [4.69, 9.17) is 10.5 Å². The van der Waals surface area contributed by atoms with Gasteiger partial charge in [-0.15, -0.1) is 0 Å². The van der Waals surface area contributed by atoms with Crippen molar-refractivity contribution in [3.63, 3.8) is 0 Å². The molecule has 0 aliphatic rings.